The second-order valence-electron chi connectivity index (χ2n) is 7.60. The summed E-state index contributed by atoms with van der Waals surface area (Å²) >= 11 is 6.08. The average molecular weight is 438 g/mol. The van der Waals surface area contributed by atoms with Gasteiger partial charge in [-0.25, -0.2) is 0 Å². The number of aryl methyl sites for hydroxylation is 1. The number of imide groups is 1. The van der Waals surface area contributed by atoms with E-state index in [-0.39, 0.29) is 24.1 Å². The van der Waals surface area contributed by atoms with Crippen molar-refractivity contribution in [2.45, 2.75) is 32.4 Å². The molecular weight excluding hydrogens is 418 g/mol. The van der Waals surface area contributed by atoms with Gasteiger partial charge in [-0.2, -0.15) is 0 Å². The number of nitrogens with zero attached hydrogens (tertiary/aromatic N) is 1. The van der Waals surface area contributed by atoms with E-state index in [0.29, 0.717) is 34.8 Å². The lowest BCUT2D eigenvalue weighted by Gasteiger charge is -2.29. The highest BCUT2D eigenvalue weighted by Crippen LogP contribution is 2.28. The molecule has 4 amide bonds. The third kappa shape index (κ3) is 4.36. The molecule has 2 aliphatic heterocycles. The summed E-state index contributed by atoms with van der Waals surface area (Å²) in [5, 5.41) is 5.60. The van der Waals surface area contributed by atoms with Gasteiger partial charge in [0.05, 0.1) is 0 Å². The minimum atomic E-state index is -0.649. The van der Waals surface area contributed by atoms with Gasteiger partial charge in [-0.05, 0) is 54.3 Å². The number of benzene rings is 2. The predicted molar refractivity (Wildman–Crippen MR) is 116 cm³/mol. The first-order valence-electron chi connectivity index (χ1n) is 9.84. The molecule has 0 saturated carbocycles. The molecule has 2 aromatic rings. The van der Waals surface area contributed by atoms with Gasteiger partial charge in [0.15, 0.2) is 0 Å². The quantitative estimate of drug-likeness (QED) is 0.567. The monoisotopic (exact) mass is 437 g/mol. The van der Waals surface area contributed by atoms with Crippen molar-refractivity contribution in [1.82, 2.24) is 10.2 Å². The van der Waals surface area contributed by atoms with Crippen LogP contribution in [0.3, 0.4) is 0 Å². The number of nitrogens with one attached hydrogen (secondary N) is 2. The lowest BCUT2D eigenvalue weighted by atomic mass is 10.0. The summed E-state index contributed by atoms with van der Waals surface area (Å²) in [4.78, 5) is 50.1. The van der Waals surface area contributed by atoms with E-state index in [2.05, 4.69) is 10.6 Å². The maximum Gasteiger partial charge on any atom is 0.255 e. The van der Waals surface area contributed by atoms with Gasteiger partial charge >= 0.3 is 0 Å². The molecule has 158 valence electrons. The van der Waals surface area contributed by atoms with Crippen molar-refractivity contribution in [3.05, 3.63) is 69.8 Å². The molecule has 1 atom stereocenters. The second kappa shape index (κ2) is 8.35. The summed E-state index contributed by atoms with van der Waals surface area (Å²) in [7, 11) is 0. The molecule has 2 N–H and O–H groups in total. The zero-order valence-corrected chi connectivity index (χ0v) is 17.5. The molecule has 2 heterocycles. The van der Waals surface area contributed by atoms with Gasteiger partial charge in [-0.1, -0.05) is 29.8 Å². The SMILES string of the molecule is Cc1ccc(NC(=O)/C=C/c2ccc3c(c2)C(=O)N(C2CCC(=O)NC2=O)C3)cc1Cl. The minimum absolute atomic E-state index is 0.214. The normalized spacial score (nSPS) is 18.3. The number of rotatable bonds is 4. The molecule has 31 heavy (non-hydrogen) atoms. The number of halogens is 1. The molecule has 1 saturated heterocycles. The van der Waals surface area contributed by atoms with Crippen LogP contribution in [0.25, 0.3) is 6.08 Å². The molecular formula is C23H20ClN3O4. The maximum absolute atomic E-state index is 12.9. The Morgan fingerprint density at radius 2 is 2.00 bits per heavy atom. The molecule has 0 radical (unpaired) electrons. The Hall–Kier alpha value is -3.45. The minimum Gasteiger partial charge on any atom is -0.322 e. The van der Waals surface area contributed by atoms with E-state index in [4.69, 9.17) is 11.6 Å². The fourth-order valence-corrected chi connectivity index (χ4v) is 3.88. The number of hydrogen-bond acceptors (Lipinski definition) is 4. The summed E-state index contributed by atoms with van der Waals surface area (Å²) in [5.41, 5.74) is 3.51. The van der Waals surface area contributed by atoms with E-state index in [1.807, 2.05) is 25.1 Å². The molecule has 2 aromatic carbocycles. The second-order valence-corrected chi connectivity index (χ2v) is 8.01. The van der Waals surface area contributed by atoms with Crippen molar-refractivity contribution in [3.63, 3.8) is 0 Å². The Morgan fingerprint density at radius 3 is 2.74 bits per heavy atom. The molecule has 0 spiro atoms. The van der Waals surface area contributed by atoms with Gasteiger partial charge in [0, 0.05) is 35.3 Å². The Morgan fingerprint density at radius 1 is 1.19 bits per heavy atom. The predicted octanol–water partition coefficient (Wildman–Crippen LogP) is 3.06. The van der Waals surface area contributed by atoms with E-state index in [1.165, 1.54) is 11.0 Å². The number of carbonyl (C=O) groups is 4. The van der Waals surface area contributed by atoms with Gasteiger partial charge in [0.1, 0.15) is 6.04 Å². The Kier molecular flexibility index (Phi) is 5.61. The number of anilines is 1. The highest BCUT2D eigenvalue weighted by molar-refractivity contribution is 6.31. The molecule has 0 aromatic heterocycles. The molecule has 1 unspecified atom stereocenters. The van der Waals surface area contributed by atoms with Gasteiger partial charge < -0.3 is 10.2 Å². The van der Waals surface area contributed by atoms with Crippen molar-refractivity contribution in [2.24, 2.45) is 0 Å². The highest BCUT2D eigenvalue weighted by Gasteiger charge is 2.38. The topological polar surface area (TPSA) is 95.6 Å². The fourth-order valence-electron chi connectivity index (χ4n) is 3.70. The lowest BCUT2D eigenvalue weighted by Crippen LogP contribution is -2.52. The van der Waals surface area contributed by atoms with Crippen molar-refractivity contribution >= 4 is 47.0 Å². The summed E-state index contributed by atoms with van der Waals surface area (Å²) in [6.45, 7) is 2.20. The largest absolute Gasteiger partial charge is 0.322 e. The highest BCUT2D eigenvalue weighted by atomic mass is 35.5. The smallest absolute Gasteiger partial charge is 0.255 e. The first kappa shape index (κ1) is 20.8. The number of amides is 4. The maximum atomic E-state index is 12.9. The van der Waals surface area contributed by atoms with Gasteiger partial charge in [0.25, 0.3) is 5.91 Å². The van der Waals surface area contributed by atoms with Crippen LogP contribution in [-0.2, 0) is 20.9 Å². The number of carbonyl (C=O) groups excluding carboxylic acids is 4. The summed E-state index contributed by atoms with van der Waals surface area (Å²) in [6, 6.07) is 9.95. The van der Waals surface area contributed by atoms with Crippen molar-refractivity contribution < 1.29 is 19.2 Å². The van der Waals surface area contributed by atoms with Crippen LogP contribution in [0.2, 0.25) is 5.02 Å². The third-order valence-electron chi connectivity index (χ3n) is 5.42. The Labute approximate surface area is 184 Å². The molecule has 1 fully saturated rings. The van der Waals surface area contributed by atoms with E-state index >= 15 is 0 Å². The van der Waals surface area contributed by atoms with Crippen molar-refractivity contribution in [1.29, 1.82) is 0 Å². The molecule has 2 aliphatic rings. The molecule has 0 bridgehead atoms. The first-order valence-corrected chi connectivity index (χ1v) is 10.2. The fraction of sp³-hybridized carbons (Fsp3) is 0.217. The average Bonchev–Trinajstić information content (AvgIpc) is 3.05. The van der Waals surface area contributed by atoms with Crippen LogP contribution in [-0.4, -0.2) is 34.6 Å². The third-order valence-corrected chi connectivity index (χ3v) is 5.83. The van der Waals surface area contributed by atoms with Crippen molar-refractivity contribution in [3.8, 4) is 0 Å². The van der Waals surface area contributed by atoms with Gasteiger partial charge in [-0.3, -0.25) is 24.5 Å². The van der Waals surface area contributed by atoms with Crippen molar-refractivity contribution in [2.75, 3.05) is 5.32 Å². The summed E-state index contributed by atoms with van der Waals surface area (Å²) in [6.07, 6.45) is 3.53. The van der Waals surface area contributed by atoms with E-state index in [0.717, 1.165) is 11.1 Å². The zero-order chi connectivity index (χ0) is 22.1. The number of hydrogen-bond donors (Lipinski definition) is 2. The van der Waals surface area contributed by atoms with Crippen LogP contribution in [0, 0.1) is 6.92 Å². The Bertz CT molecular complexity index is 1140. The number of piperidine rings is 1. The first-order chi connectivity index (χ1) is 14.8. The van der Waals surface area contributed by atoms with E-state index < -0.39 is 11.9 Å². The van der Waals surface area contributed by atoms with Crippen LogP contribution in [0.1, 0.15) is 39.9 Å². The van der Waals surface area contributed by atoms with Crippen LogP contribution in [0.4, 0.5) is 5.69 Å². The van der Waals surface area contributed by atoms with E-state index in [1.54, 1.807) is 24.3 Å². The Balaban J connectivity index is 1.45. The summed E-state index contributed by atoms with van der Waals surface area (Å²) < 4.78 is 0. The van der Waals surface area contributed by atoms with Crippen LogP contribution >= 0.6 is 11.6 Å². The molecule has 7 nitrogen and oxygen atoms in total. The number of fused-ring (bicyclic) bond motifs is 1. The van der Waals surface area contributed by atoms with Gasteiger partial charge in [0.2, 0.25) is 17.7 Å². The van der Waals surface area contributed by atoms with Gasteiger partial charge in [-0.15, -0.1) is 0 Å². The molecule has 8 heteroatoms. The van der Waals surface area contributed by atoms with Crippen LogP contribution < -0.4 is 10.6 Å². The lowest BCUT2D eigenvalue weighted by molar-refractivity contribution is -0.136. The summed E-state index contributed by atoms with van der Waals surface area (Å²) in [5.74, 6) is -1.33. The van der Waals surface area contributed by atoms with Crippen LogP contribution in [0.15, 0.2) is 42.5 Å². The van der Waals surface area contributed by atoms with Crippen LogP contribution in [0.5, 0.6) is 0 Å². The zero-order valence-electron chi connectivity index (χ0n) is 16.8. The standard InChI is InChI=1S/C23H20ClN3O4/c1-13-2-6-16(11-18(13)24)25-20(28)8-4-14-3-5-15-12-27(23(31)17(15)10-14)19-7-9-21(29)26-22(19)30/h2-6,8,10-11,19H,7,9,12H2,1H3,(H,25,28)(H,26,29,30)/b8-4+. The molecule has 4 rings (SSSR count). The molecule has 0 aliphatic carbocycles. The van der Waals surface area contributed by atoms with E-state index in [9.17, 15) is 19.2 Å².